The Hall–Kier alpha value is -1.97. The Balaban J connectivity index is 2.26. The zero-order valence-corrected chi connectivity index (χ0v) is 8.25. The molecule has 0 fully saturated rings. The summed E-state index contributed by atoms with van der Waals surface area (Å²) in [4.78, 5) is 22.8. The van der Waals surface area contributed by atoms with Crippen molar-refractivity contribution in [2.75, 3.05) is 5.01 Å². The molecule has 1 unspecified atom stereocenters. The average molecular weight is 202 g/mol. The number of nitrogens with zero attached hydrogens (tertiary/aromatic N) is 2. The molecule has 0 bridgehead atoms. The number of carbonyl (C=O) groups is 2. The molecule has 1 aliphatic rings. The van der Waals surface area contributed by atoms with Gasteiger partial charge in [-0.1, -0.05) is 18.2 Å². The number of rotatable bonds is 2. The van der Waals surface area contributed by atoms with Crippen molar-refractivity contribution in [3.63, 3.8) is 0 Å². The molecule has 0 saturated heterocycles. The SMILES string of the molecule is CC(=O)C1C=NN(c2ccccc2)C1=O. The second-order valence-electron chi connectivity index (χ2n) is 3.34. The number of Topliss-reactive ketones (excluding diaryl/α,β-unsaturated/α-hetero) is 1. The molecule has 0 aromatic heterocycles. The lowest BCUT2D eigenvalue weighted by atomic mass is 10.1. The van der Waals surface area contributed by atoms with E-state index in [4.69, 9.17) is 0 Å². The van der Waals surface area contributed by atoms with Crippen LogP contribution in [0.3, 0.4) is 0 Å². The van der Waals surface area contributed by atoms with Crippen LogP contribution < -0.4 is 5.01 Å². The lowest BCUT2D eigenvalue weighted by molar-refractivity contribution is -0.127. The summed E-state index contributed by atoms with van der Waals surface area (Å²) in [5.74, 6) is -1.18. The number of hydrazone groups is 1. The van der Waals surface area contributed by atoms with Crippen molar-refractivity contribution < 1.29 is 9.59 Å². The minimum Gasteiger partial charge on any atom is -0.299 e. The number of hydrogen-bond acceptors (Lipinski definition) is 3. The number of ketones is 1. The van der Waals surface area contributed by atoms with Crippen molar-refractivity contribution in [3.8, 4) is 0 Å². The molecule has 0 aliphatic carbocycles. The van der Waals surface area contributed by atoms with Crippen LogP contribution in [0.15, 0.2) is 35.4 Å². The van der Waals surface area contributed by atoms with Gasteiger partial charge in [-0.2, -0.15) is 5.10 Å². The first-order valence-electron chi connectivity index (χ1n) is 4.64. The molecule has 1 amide bonds. The summed E-state index contributed by atoms with van der Waals surface area (Å²) in [7, 11) is 0. The summed E-state index contributed by atoms with van der Waals surface area (Å²) in [5.41, 5.74) is 0.683. The first-order chi connectivity index (χ1) is 7.20. The van der Waals surface area contributed by atoms with Gasteiger partial charge in [0.05, 0.1) is 5.69 Å². The minimum absolute atomic E-state index is 0.179. The minimum atomic E-state index is -0.717. The van der Waals surface area contributed by atoms with Crippen molar-refractivity contribution in [3.05, 3.63) is 30.3 Å². The predicted molar refractivity (Wildman–Crippen MR) is 56.6 cm³/mol. The quantitative estimate of drug-likeness (QED) is 0.677. The van der Waals surface area contributed by atoms with Crippen LogP contribution in [0, 0.1) is 5.92 Å². The maximum absolute atomic E-state index is 11.7. The van der Waals surface area contributed by atoms with E-state index in [-0.39, 0.29) is 11.7 Å². The highest BCUT2D eigenvalue weighted by molar-refractivity contribution is 6.21. The summed E-state index contributed by atoms with van der Waals surface area (Å²) < 4.78 is 0. The third kappa shape index (κ3) is 1.66. The van der Waals surface area contributed by atoms with Crippen molar-refractivity contribution in [2.45, 2.75) is 6.92 Å². The molecule has 2 rings (SSSR count). The van der Waals surface area contributed by atoms with Crippen molar-refractivity contribution in [1.29, 1.82) is 0 Å². The topological polar surface area (TPSA) is 49.7 Å². The third-order valence-corrected chi connectivity index (χ3v) is 2.24. The molecule has 1 aromatic rings. The number of hydrogen-bond donors (Lipinski definition) is 0. The van der Waals surface area contributed by atoms with Gasteiger partial charge in [0, 0.05) is 6.21 Å². The van der Waals surface area contributed by atoms with Gasteiger partial charge in [0.25, 0.3) is 5.91 Å². The highest BCUT2D eigenvalue weighted by Gasteiger charge is 2.32. The predicted octanol–water partition coefficient (Wildman–Crippen LogP) is 1.22. The zero-order chi connectivity index (χ0) is 10.8. The van der Waals surface area contributed by atoms with Gasteiger partial charge in [0.2, 0.25) is 0 Å². The number of amides is 1. The van der Waals surface area contributed by atoms with E-state index in [1.165, 1.54) is 18.1 Å². The van der Waals surface area contributed by atoms with Crippen LogP contribution in [-0.4, -0.2) is 17.9 Å². The van der Waals surface area contributed by atoms with E-state index in [0.29, 0.717) is 5.69 Å². The van der Waals surface area contributed by atoms with E-state index in [1.807, 2.05) is 18.2 Å². The fourth-order valence-electron chi connectivity index (χ4n) is 1.43. The molecule has 1 aromatic carbocycles. The van der Waals surface area contributed by atoms with Gasteiger partial charge >= 0.3 is 0 Å². The first kappa shape index (κ1) is 9.58. The maximum atomic E-state index is 11.7. The highest BCUT2D eigenvalue weighted by atomic mass is 16.2. The normalized spacial score (nSPS) is 19.7. The molecule has 0 saturated carbocycles. The molecule has 76 valence electrons. The van der Waals surface area contributed by atoms with E-state index in [2.05, 4.69) is 5.10 Å². The van der Waals surface area contributed by atoms with Crippen LogP contribution in [-0.2, 0) is 9.59 Å². The van der Waals surface area contributed by atoms with Gasteiger partial charge in [-0.15, -0.1) is 0 Å². The molecule has 1 aliphatic heterocycles. The summed E-state index contributed by atoms with van der Waals surface area (Å²) in [6.07, 6.45) is 1.39. The van der Waals surface area contributed by atoms with Crippen molar-refractivity contribution in [1.82, 2.24) is 0 Å². The smallest absolute Gasteiger partial charge is 0.263 e. The Morgan fingerprint density at radius 1 is 1.33 bits per heavy atom. The number of benzene rings is 1. The Kier molecular flexibility index (Phi) is 2.33. The van der Waals surface area contributed by atoms with Crippen LogP contribution in [0.4, 0.5) is 5.69 Å². The fourth-order valence-corrected chi connectivity index (χ4v) is 1.43. The van der Waals surface area contributed by atoms with Crippen LogP contribution >= 0.6 is 0 Å². The van der Waals surface area contributed by atoms with E-state index in [9.17, 15) is 9.59 Å². The van der Waals surface area contributed by atoms with E-state index < -0.39 is 5.92 Å². The lowest BCUT2D eigenvalue weighted by Crippen LogP contribution is -2.29. The molecule has 0 N–H and O–H groups in total. The Labute approximate surface area is 87.2 Å². The van der Waals surface area contributed by atoms with Crippen LogP contribution in [0.25, 0.3) is 0 Å². The van der Waals surface area contributed by atoms with Crippen molar-refractivity contribution in [2.24, 2.45) is 11.0 Å². The summed E-state index contributed by atoms with van der Waals surface area (Å²) in [6.45, 7) is 1.39. The largest absolute Gasteiger partial charge is 0.299 e. The molecule has 4 heteroatoms. The van der Waals surface area contributed by atoms with Crippen LogP contribution in [0.1, 0.15) is 6.92 Å². The maximum Gasteiger partial charge on any atom is 0.263 e. The summed E-state index contributed by atoms with van der Waals surface area (Å²) >= 11 is 0. The number of para-hydroxylation sites is 1. The average Bonchev–Trinajstić information content (AvgIpc) is 2.61. The molecule has 4 nitrogen and oxygen atoms in total. The van der Waals surface area contributed by atoms with E-state index >= 15 is 0 Å². The Morgan fingerprint density at radius 2 is 2.00 bits per heavy atom. The first-order valence-corrected chi connectivity index (χ1v) is 4.64. The molecule has 15 heavy (non-hydrogen) atoms. The van der Waals surface area contributed by atoms with Gasteiger partial charge in [0.1, 0.15) is 11.7 Å². The third-order valence-electron chi connectivity index (χ3n) is 2.24. The van der Waals surface area contributed by atoms with Gasteiger partial charge in [0.15, 0.2) is 0 Å². The highest BCUT2D eigenvalue weighted by Crippen LogP contribution is 2.20. The molecule has 1 heterocycles. The molecule has 0 radical (unpaired) electrons. The van der Waals surface area contributed by atoms with Gasteiger partial charge in [-0.05, 0) is 19.1 Å². The van der Waals surface area contributed by atoms with Gasteiger partial charge in [-0.25, -0.2) is 5.01 Å². The lowest BCUT2D eigenvalue weighted by Gasteiger charge is -2.12. The van der Waals surface area contributed by atoms with E-state index in [0.717, 1.165) is 0 Å². The molecule has 1 atom stereocenters. The Bertz CT molecular complexity index is 425. The molecule has 0 spiro atoms. The second kappa shape index (κ2) is 3.65. The molecular formula is C11H10N2O2. The summed E-state index contributed by atoms with van der Waals surface area (Å²) in [6, 6.07) is 9.05. The number of carbonyl (C=O) groups excluding carboxylic acids is 2. The standard InChI is InChI=1S/C11H10N2O2/c1-8(14)10-7-12-13(11(10)15)9-5-3-2-4-6-9/h2-7,10H,1H3. The molecular weight excluding hydrogens is 192 g/mol. The van der Waals surface area contributed by atoms with Crippen LogP contribution in [0.2, 0.25) is 0 Å². The fraction of sp³-hybridized carbons (Fsp3) is 0.182. The second-order valence-corrected chi connectivity index (χ2v) is 3.34. The number of anilines is 1. The van der Waals surface area contributed by atoms with E-state index in [1.54, 1.807) is 12.1 Å². The summed E-state index contributed by atoms with van der Waals surface area (Å²) in [5, 5.41) is 5.18. The van der Waals surface area contributed by atoms with Crippen LogP contribution in [0.5, 0.6) is 0 Å². The Morgan fingerprint density at radius 3 is 2.53 bits per heavy atom. The van der Waals surface area contributed by atoms with Crippen molar-refractivity contribution >= 4 is 23.6 Å². The van der Waals surface area contributed by atoms with Gasteiger partial charge in [-0.3, -0.25) is 9.59 Å². The zero-order valence-electron chi connectivity index (χ0n) is 8.25. The van der Waals surface area contributed by atoms with Gasteiger partial charge < -0.3 is 0 Å². The monoisotopic (exact) mass is 202 g/mol.